The van der Waals surface area contributed by atoms with Crippen LogP contribution in [-0.4, -0.2) is 0 Å². The van der Waals surface area contributed by atoms with Gasteiger partial charge in [-0.15, -0.1) is 0 Å². The van der Waals surface area contributed by atoms with Crippen LogP contribution in [0.1, 0.15) is 64.2 Å². The van der Waals surface area contributed by atoms with E-state index in [1.54, 1.807) is 0 Å². The molecule has 0 aliphatic carbocycles. The first-order valence-electron chi connectivity index (χ1n) is 4.89. The van der Waals surface area contributed by atoms with Gasteiger partial charge in [-0.3, -0.25) is 0 Å². The van der Waals surface area contributed by atoms with E-state index in [4.69, 9.17) is 0 Å². The Morgan fingerprint density at radius 1 is 0.692 bits per heavy atom. The molecule has 0 amide bonds. The highest BCUT2D eigenvalue weighted by molar-refractivity contribution is 5.02. The van der Waals surface area contributed by atoms with E-state index in [2.05, 4.69) is 55.4 Å². The predicted octanol–water partition coefficient (Wildman–Crippen LogP) is 5.41. The molecule has 0 radical (unpaired) electrons. The molecule has 0 heteroatoms. The summed E-state index contributed by atoms with van der Waals surface area (Å²) in [4.78, 5) is 0. The van der Waals surface area contributed by atoms with E-state index in [1.807, 2.05) is 0 Å². The molecule has 0 aliphatic rings. The molecule has 0 heterocycles. The normalized spacial score (nSPS) is 8.77. The third kappa shape index (κ3) is 18.6. The Bertz CT molecular complexity index is 108. The largest absolute Gasteiger partial charge is 1.00 e. The Kier molecular flexibility index (Phi) is 14.0. The quantitative estimate of drug-likeness (QED) is 0.481. The average molecular weight is 187 g/mol. The lowest BCUT2D eigenvalue weighted by atomic mass is 10.0. The van der Waals surface area contributed by atoms with Crippen LogP contribution in [0.25, 0.3) is 0 Å². The lowest BCUT2D eigenvalue weighted by Gasteiger charge is -2.05. The van der Waals surface area contributed by atoms with Gasteiger partial charge in [0.05, 0.1) is 0 Å². The Hall–Kier alpha value is -0.260. The second kappa shape index (κ2) is 9.83. The molecule has 0 aromatic rings. The first-order valence-corrected chi connectivity index (χ1v) is 4.89. The highest BCUT2D eigenvalue weighted by atomic mass is 14.0. The fourth-order valence-corrected chi connectivity index (χ4v) is 0. The summed E-state index contributed by atoms with van der Waals surface area (Å²) in [5.41, 5.74) is 2.85. The van der Waals surface area contributed by atoms with Gasteiger partial charge in [0.1, 0.15) is 0 Å². The summed E-state index contributed by atoms with van der Waals surface area (Å²) in [5, 5.41) is 0. The molecular weight excluding hydrogens is 156 g/mol. The van der Waals surface area contributed by atoms with Gasteiger partial charge >= 0.3 is 1.43 Å². The lowest BCUT2D eigenvalue weighted by Crippen LogP contribution is -1.95. The molecule has 0 fully saturated rings. The van der Waals surface area contributed by atoms with E-state index in [0.29, 0.717) is 0 Å². The van der Waals surface area contributed by atoms with E-state index in [0.717, 1.165) is 11.8 Å². The number of hydrogen-bond donors (Lipinski definition) is 0. The molecule has 0 saturated carbocycles. The van der Waals surface area contributed by atoms with Crippen molar-refractivity contribution < 1.29 is 1.43 Å². The summed E-state index contributed by atoms with van der Waals surface area (Å²) >= 11 is 0. The van der Waals surface area contributed by atoms with Gasteiger partial charge in [0.15, 0.2) is 0 Å². The molecule has 0 aromatic heterocycles. The first-order chi connectivity index (χ1) is 5.29. The summed E-state index contributed by atoms with van der Waals surface area (Å²) in [6.45, 7) is 17.4. The molecule has 0 aliphatic heterocycles. The van der Waals surface area contributed by atoms with Crippen molar-refractivity contribution in [2.24, 2.45) is 11.8 Å². The van der Waals surface area contributed by atoms with Gasteiger partial charge in [0, 0.05) is 0 Å². The Morgan fingerprint density at radius 3 is 0.846 bits per heavy atom. The molecule has 0 spiro atoms. The Balaban J connectivity index is -0.0000000625. The standard InChI is InChI=1S/C6H14.C6H12.CH4/c2*1-5(2)6(3)4;/h5-6H,1-4H3;1-4H3;1H4/p+1. The summed E-state index contributed by atoms with van der Waals surface area (Å²) in [6.07, 6.45) is 0. The zero-order chi connectivity index (χ0) is 10.3. The second-order valence-corrected chi connectivity index (χ2v) is 4.49. The van der Waals surface area contributed by atoms with Crippen LogP contribution < -0.4 is 0 Å². The van der Waals surface area contributed by atoms with E-state index < -0.39 is 0 Å². The fourth-order valence-electron chi connectivity index (χ4n) is 0. The molecule has 0 rings (SSSR count). The van der Waals surface area contributed by atoms with E-state index in [-0.39, 0.29) is 8.85 Å². The zero-order valence-electron chi connectivity index (χ0n) is 11.2. The van der Waals surface area contributed by atoms with Crippen LogP contribution in [0.15, 0.2) is 11.1 Å². The minimum Gasteiger partial charge on any atom is -0.0778 e. The van der Waals surface area contributed by atoms with Crippen LogP contribution in [-0.2, 0) is 0 Å². The van der Waals surface area contributed by atoms with Crippen molar-refractivity contribution in [1.82, 2.24) is 0 Å². The summed E-state index contributed by atoms with van der Waals surface area (Å²) < 4.78 is 0. The van der Waals surface area contributed by atoms with Crippen LogP contribution in [0.2, 0.25) is 0 Å². The molecule has 0 aromatic carbocycles. The zero-order valence-corrected chi connectivity index (χ0v) is 10.2. The highest BCUT2D eigenvalue weighted by Crippen LogP contribution is 2.05. The van der Waals surface area contributed by atoms with Crippen molar-refractivity contribution in [3.63, 3.8) is 0 Å². The van der Waals surface area contributed by atoms with Crippen LogP contribution in [0.5, 0.6) is 0 Å². The van der Waals surface area contributed by atoms with E-state index in [9.17, 15) is 0 Å². The maximum Gasteiger partial charge on any atom is 1.00 e. The predicted molar refractivity (Wildman–Crippen MR) is 67.2 cm³/mol. The van der Waals surface area contributed by atoms with Crippen molar-refractivity contribution in [2.75, 3.05) is 0 Å². The van der Waals surface area contributed by atoms with Crippen molar-refractivity contribution in [3.05, 3.63) is 11.1 Å². The average Bonchev–Trinajstić information content (AvgIpc) is 1.88. The second-order valence-electron chi connectivity index (χ2n) is 4.49. The molecule has 0 atom stereocenters. The van der Waals surface area contributed by atoms with Crippen molar-refractivity contribution in [3.8, 4) is 0 Å². The maximum atomic E-state index is 2.24. The van der Waals surface area contributed by atoms with Crippen LogP contribution in [0.4, 0.5) is 0 Å². The Morgan fingerprint density at radius 2 is 0.846 bits per heavy atom. The molecule has 0 bridgehead atoms. The lowest BCUT2D eigenvalue weighted by molar-refractivity contribution is 0.457. The van der Waals surface area contributed by atoms with E-state index in [1.165, 1.54) is 11.1 Å². The van der Waals surface area contributed by atoms with Crippen LogP contribution >= 0.6 is 0 Å². The van der Waals surface area contributed by atoms with Gasteiger partial charge in [-0.05, 0) is 39.5 Å². The van der Waals surface area contributed by atoms with Crippen molar-refractivity contribution in [2.45, 2.75) is 62.8 Å². The van der Waals surface area contributed by atoms with Gasteiger partial charge in [-0.1, -0.05) is 46.3 Å². The number of hydrogen-bond acceptors (Lipinski definition) is 0. The fraction of sp³-hybridized carbons (Fsp3) is 0.846. The number of rotatable bonds is 1. The summed E-state index contributed by atoms with van der Waals surface area (Å²) in [7, 11) is 0. The van der Waals surface area contributed by atoms with Gasteiger partial charge in [0.25, 0.3) is 0 Å². The van der Waals surface area contributed by atoms with Crippen LogP contribution in [0.3, 0.4) is 0 Å². The molecule has 0 nitrogen and oxygen atoms in total. The van der Waals surface area contributed by atoms with Crippen LogP contribution in [0, 0.1) is 11.8 Å². The molecule has 13 heavy (non-hydrogen) atoms. The molecule has 0 unspecified atom stereocenters. The first kappa shape index (κ1) is 18.5. The molecule has 0 N–H and O–H groups in total. The Labute approximate surface area is 87.9 Å². The SMILES string of the molecule is C.CC(C)=C(C)C.CC(C)C(C)C.[H+]. The topological polar surface area (TPSA) is 0 Å². The van der Waals surface area contributed by atoms with E-state index >= 15 is 0 Å². The monoisotopic (exact) mass is 187 g/mol. The maximum absolute atomic E-state index is 2.24. The molecular formula is C13H31+. The minimum absolute atomic E-state index is 0. The summed E-state index contributed by atoms with van der Waals surface area (Å²) in [5.74, 6) is 1.70. The van der Waals surface area contributed by atoms with Crippen molar-refractivity contribution in [1.29, 1.82) is 0 Å². The van der Waals surface area contributed by atoms with Gasteiger partial charge < -0.3 is 0 Å². The highest BCUT2D eigenvalue weighted by Gasteiger charge is 1.95. The van der Waals surface area contributed by atoms with Crippen molar-refractivity contribution >= 4 is 0 Å². The molecule has 82 valence electrons. The van der Waals surface area contributed by atoms with Gasteiger partial charge in [-0.2, -0.15) is 0 Å². The molecule has 0 saturated heterocycles. The van der Waals surface area contributed by atoms with Gasteiger partial charge in [0.2, 0.25) is 0 Å². The third-order valence-corrected chi connectivity index (χ3v) is 2.33. The summed E-state index contributed by atoms with van der Waals surface area (Å²) in [6, 6.07) is 0. The third-order valence-electron chi connectivity index (χ3n) is 2.33. The minimum atomic E-state index is 0. The smallest absolute Gasteiger partial charge is 0.0778 e. The van der Waals surface area contributed by atoms with Gasteiger partial charge in [-0.25, -0.2) is 0 Å². The number of allylic oxidation sites excluding steroid dienone is 2.